The molecule has 3 aromatic rings. The van der Waals surface area contributed by atoms with Gasteiger partial charge in [-0.3, -0.25) is 9.59 Å². The Morgan fingerprint density at radius 2 is 1.61 bits per heavy atom. The number of nitrogens with zero attached hydrogens (tertiary/aromatic N) is 4. The molecule has 11 nitrogen and oxygen atoms in total. The molecular formula is C33H43N7O4. The van der Waals surface area contributed by atoms with E-state index in [2.05, 4.69) is 32.8 Å². The lowest BCUT2D eigenvalue weighted by Crippen LogP contribution is -2.44. The van der Waals surface area contributed by atoms with Crippen LogP contribution in [0.2, 0.25) is 0 Å². The average Bonchev–Trinajstić information content (AvgIpc) is 3.05. The van der Waals surface area contributed by atoms with Gasteiger partial charge in [0.05, 0.1) is 23.3 Å². The molecule has 2 fully saturated rings. The van der Waals surface area contributed by atoms with Crippen molar-refractivity contribution in [1.29, 1.82) is 0 Å². The zero-order valence-corrected chi connectivity index (χ0v) is 25.7. The van der Waals surface area contributed by atoms with Crippen molar-refractivity contribution in [2.75, 3.05) is 64.4 Å². The number of benzene rings is 1. The van der Waals surface area contributed by atoms with Crippen molar-refractivity contribution in [1.82, 2.24) is 30.8 Å². The van der Waals surface area contributed by atoms with Gasteiger partial charge in [-0.05, 0) is 68.8 Å². The van der Waals surface area contributed by atoms with Crippen LogP contribution in [-0.2, 0) is 9.53 Å². The molecule has 2 aromatic heterocycles. The average molecular weight is 602 g/mol. The summed E-state index contributed by atoms with van der Waals surface area (Å²) in [7, 11) is 2.14. The van der Waals surface area contributed by atoms with Gasteiger partial charge in [0.1, 0.15) is 12.4 Å². The first-order chi connectivity index (χ1) is 21.4. The van der Waals surface area contributed by atoms with Gasteiger partial charge in [-0.15, -0.1) is 0 Å². The Labute approximate surface area is 258 Å². The fourth-order valence-corrected chi connectivity index (χ4v) is 5.89. The summed E-state index contributed by atoms with van der Waals surface area (Å²) in [5.74, 6) is 1.48. The minimum atomic E-state index is -0.463. The van der Waals surface area contributed by atoms with E-state index in [-0.39, 0.29) is 18.4 Å². The van der Waals surface area contributed by atoms with Crippen molar-refractivity contribution >= 4 is 34.6 Å². The number of likely N-dealkylation sites (N-methyl/N-ethyl adjacent to an activating group) is 1. The van der Waals surface area contributed by atoms with E-state index in [0.29, 0.717) is 37.0 Å². The van der Waals surface area contributed by atoms with Gasteiger partial charge in [-0.2, -0.15) is 0 Å². The number of carbonyl (C=O) groups excluding carboxylic acids is 3. The van der Waals surface area contributed by atoms with E-state index < -0.39 is 6.09 Å². The molecule has 3 amide bonds. The van der Waals surface area contributed by atoms with Crippen molar-refractivity contribution in [2.45, 2.75) is 32.6 Å². The van der Waals surface area contributed by atoms with Gasteiger partial charge >= 0.3 is 6.09 Å². The van der Waals surface area contributed by atoms with Crippen molar-refractivity contribution in [2.24, 2.45) is 11.8 Å². The van der Waals surface area contributed by atoms with Gasteiger partial charge in [0.2, 0.25) is 5.91 Å². The molecule has 0 unspecified atom stereocenters. The van der Waals surface area contributed by atoms with Crippen LogP contribution in [0, 0.1) is 11.8 Å². The molecule has 0 bridgehead atoms. The van der Waals surface area contributed by atoms with E-state index in [1.807, 2.05) is 48.7 Å². The lowest BCUT2D eigenvalue weighted by molar-refractivity contribution is -0.119. The summed E-state index contributed by atoms with van der Waals surface area (Å²) in [5.41, 5.74) is 3.00. The van der Waals surface area contributed by atoms with E-state index in [1.165, 1.54) is 6.92 Å². The second-order valence-corrected chi connectivity index (χ2v) is 11.9. The van der Waals surface area contributed by atoms with Crippen LogP contribution in [0.3, 0.4) is 0 Å². The third-order valence-corrected chi connectivity index (χ3v) is 8.59. The predicted molar refractivity (Wildman–Crippen MR) is 170 cm³/mol. The maximum atomic E-state index is 13.5. The van der Waals surface area contributed by atoms with Crippen molar-refractivity contribution in [3.05, 3.63) is 54.2 Å². The molecule has 11 heteroatoms. The zero-order chi connectivity index (χ0) is 30.9. The number of ether oxygens (including phenoxy) is 1. The summed E-state index contributed by atoms with van der Waals surface area (Å²) in [6, 6.07) is 13.7. The number of para-hydroxylation sites is 1. The number of rotatable bonds is 10. The fraction of sp³-hybridized carbons (Fsp3) is 0.485. The third kappa shape index (κ3) is 8.43. The number of pyridine rings is 2. The van der Waals surface area contributed by atoms with Crippen LogP contribution in [0.4, 0.5) is 10.6 Å². The number of aromatic nitrogens is 2. The number of hydrogen-bond donors (Lipinski definition) is 3. The first kappa shape index (κ1) is 31.2. The zero-order valence-electron chi connectivity index (χ0n) is 25.7. The maximum Gasteiger partial charge on any atom is 0.407 e. The molecule has 1 aliphatic heterocycles. The van der Waals surface area contributed by atoms with Crippen LogP contribution in [0.25, 0.3) is 22.2 Å². The monoisotopic (exact) mass is 601 g/mol. The Bertz CT molecular complexity index is 1430. The van der Waals surface area contributed by atoms with E-state index >= 15 is 0 Å². The summed E-state index contributed by atoms with van der Waals surface area (Å²) in [5, 5.41) is 9.43. The SMILES string of the molecule is CC(=O)NCCOC(=O)NCC1CCC(CNC(=O)c2cc(-c3ccc(N4CCN(C)CC4)nc3)nc3ccccc23)CC1. The summed E-state index contributed by atoms with van der Waals surface area (Å²) < 4.78 is 5.09. The van der Waals surface area contributed by atoms with Gasteiger partial charge < -0.3 is 30.5 Å². The molecule has 3 heterocycles. The molecule has 3 N–H and O–H groups in total. The van der Waals surface area contributed by atoms with Crippen LogP contribution in [0.1, 0.15) is 43.0 Å². The Hall–Kier alpha value is -4.25. The lowest BCUT2D eigenvalue weighted by Gasteiger charge is -2.33. The number of anilines is 1. The third-order valence-electron chi connectivity index (χ3n) is 8.59. The molecule has 5 rings (SSSR count). The van der Waals surface area contributed by atoms with E-state index in [9.17, 15) is 14.4 Å². The lowest BCUT2D eigenvalue weighted by atomic mass is 9.82. The number of piperazine rings is 1. The predicted octanol–water partition coefficient (Wildman–Crippen LogP) is 3.45. The number of nitrogens with one attached hydrogen (secondary N) is 3. The second kappa shape index (κ2) is 15.0. The highest BCUT2D eigenvalue weighted by Crippen LogP contribution is 2.29. The Morgan fingerprint density at radius 1 is 0.909 bits per heavy atom. The molecule has 1 saturated carbocycles. The molecule has 0 radical (unpaired) electrons. The van der Waals surface area contributed by atoms with Crippen molar-refractivity contribution < 1.29 is 19.1 Å². The standard InChI is InChI=1S/C33H43N7O4/c1-23(41)34-13-18-44-33(43)37-21-25-9-7-24(8-10-25)20-36-32(42)28-19-30(38-29-6-4-3-5-27(28)29)26-11-12-31(35-22-26)40-16-14-39(2)15-17-40/h3-6,11-12,19,22,24-25H,7-10,13-18,20-21H2,1-2H3,(H,34,41)(H,36,42)(H,37,43). The molecule has 234 valence electrons. The fourth-order valence-electron chi connectivity index (χ4n) is 5.89. The minimum absolute atomic E-state index is 0.0994. The first-order valence-corrected chi connectivity index (χ1v) is 15.6. The Kier molecular flexibility index (Phi) is 10.6. The summed E-state index contributed by atoms with van der Waals surface area (Å²) in [6.45, 7) is 6.99. The van der Waals surface area contributed by atoms with Gasteiger partial charge in [-0.25, -0.2) is 14.8 Å². The van der Waals surface area contributed by atoms with Crippen LogP contribution >= 0.6 is 0 Å². The number of hydrogen-bond acceptors (Lipinski definition) is 8. The molecular weight excluding hydrogens is 558 g/mol. The van der Waals surface area contributed by atoms with Crippen LogP contribution < -0.4 is 20.9 Å². The molecule has 1 saturated heterocycles. The molecule has 0 spiro atoms. The Balaban J connectivity index is 1.14. The molecule has 2 aliphatic rings. The second-order valence-electron chi connectivity index (χ2n) is 11.9. The molecule has 1 aromatic carbocycles. The summed E-state index contributed by atoms with van der Waals surface area (Å²) in [4.78, 5) is 50.5. The molecule has 44 heavy (non-hydrogen) atoms. The van der Waals surface area contributed by atoms with Gasteiger partial charge in [0.15, 0.2) is 0 Å². The maximum absolute atomic E-state index is 13.5. The summed E-state index contributed by atoms with van der Waals surface area (Å²) in [6.07, 6.45) is 5.31. The van der Waals surface area contributed by atoms with Crippen LogP contribution in [-0.4, -0.2) is 92.2 Å². The summed E-state index contributed by atoms with van der Waals surface area (Å²) >= 11 is 0. The first-order valence-electron chi connectivity index (χ1n) is 15.6. The van der Waals surface area contributed by atoms with Gasteiger partial charge in [0.25, 0.3) is 5.91 Å². The van der Waals surface area contributed by atoms with E-state index in [4.69, 9.17) is 14.7 Å². The van der Waals surface area contributed by atoms with Crippen LogP contribution in [0.15, 0.2) is 48.7 Å². The number of alkyl carbamates (subject to hydrolysis) is 1. The van der Waals surface area contributed by atoms with E-state index in [0.717, 1.165) is 79.8 Å². The van der Waals surface area contributed by atoms with Gasteiger partial charge in [-0.1, -0.05) is 18.2 Å². The highest BCUT2D eigenvalue weighted by atomic mass is 16.5. The smallest absolute Gasteiger partial charge is 0.407 e. The van der Waals surface area contributed by atoms with Gasteiger partial charge in [0, 0.05) is 63.3 Å². The normalized spacial score (nSPS) is 18.9. The topological polar surface area (TPSA) is 129 Å². The number of fused-ring (bicyclic) bond motifs is 1. The minimum Gasteiger partial charge on any atom is -0.448 e. The van der Waals surface area contributed by atoms with Crippen LogP contribution in [0.5, 0.6) is 0 Å². The number of amides is 3. The molecule has 1 aliphatic carbocycles. The van der Waals surface area contributed by atoms with Crippen molar-refractivity contribution in [3.8, 4) is 11.3 Å². The Morgan fingerprint density at radius 3 is 2.30 bits per heavy atom. The highest BCUT2D eigenvalue weighted by molar-refractivity contribution is 6.07. The van der Waals surface area contributed by atoms with Crippen molar-refractivity contribution in [3.63, 3.8) is 0 Å². The number of carbonyl (C=O) groups is 3. The quantitative estimate of drug-likeness (QED) is 0.302. The highest BCUT2D eigenvalue weighted by Gasteiger charge is 2.23. The largest absolute Gasteiger partial charge is 0.448 e. The van der Waals surface area contributed by atoms with E-state index in [1.54, 1.807) is 0 Å². The molecule has 0 atom stereocenters.